The monoisotopic (exact) mass is 532 g/mol. The number of amides is 2. The average Bonchev–Trinajstić information content (AvgIpc) is 3.50. The SMILES string of the molecule is C=CCCCCOC(=O)[C@H]1[C@H]2C(=O)N(CCCCCCO)C(C(=O)N(CC=C)C(C)C)C23CC[C@]1(CC)O3. The van der Waals surface area contributed by atoms with Crippen molar-refractivity contribution in [2.45, 2.75) is 108 Å². The summed E-state index contributed by atoms with van der Waals surface area (Å²) in [7, 11) is 0. The summed E-state index contributed by atoms with van der Waals surface area (Å²) in [5, 5.41) is 9.12. The van der Waals surface area contributed by atoms with Gasteiger partial charge in [-0.15, -0.1) is 13.2 Å². The van der Waals surface area contributed by atoms with Gasteiger partial charge >= 0.3 is 5.97 Å². The fourth-order valence-corrected chi connectivity index (χ4v) is 6.85. The van der Waals surface area contributed by atoms with Crippen molar-refractivity contribution in [1.82, 2.24) is 9.80 Å². The number of carbonyl (C=O) groups excluding carboxylic acids is 3. The molecule has 2 bridgehead atoms. The summed E-state index contributed by atoms with van der Waals surface area (Å²) in [5.41, 5.74) is -1.82. The molecule has 3 aliphatic heterocycles. The van der Waals surface area contributed by atoms with E-state index in [1.54, 1.807) is 15.9 Å². The van der Waals surface area contributed by atoms with Crippen molar-refractivity contribution < 1.29 is 29.0 Å². The zero-order chi connectivity index (χ0) is 27.9. The van der Waals surface area contributed by atoms with Gasteiger partial charge in [0.2, 0.25) is 11.8 Å². The maximum atomic E-state index is 14.2. The predicted octanol–water partition coefficient (Wildman–Crippen LogP) is 4.02. The van der Waals surface area contributed by atoms with E-state index < -0.39 is 29.1 Å². The summed E-state index contributed by atoms with van der Waals surface area (Å²) >= 11 is 0. The summed E-state index contributed by atoms with van der Waals surface area (Å²) in [6.45, 7) is 14.7. The van der Waals surface area contributed by atoms with Gasteiger partial charge in [0.25, 0.3) is 0 Å². The minimum absolute atomic E-state index is 0.0764. The highest BCUT2D eigenvalue weighted by Gasteiger charge is 2.79. The number of carbonyl (C=O) groups is 3. The van der Waals surface area contributed by atoms with E-state index in [0.717, 1.165) is 38.5 Å². The van der Waals surface area contributed by atoms with Gasteiger partial charge in [0.15, 0.2) is 0 Å². The van der Waals surface area contributed by atoms with Crippen LogP contribution in [-0.2, 0) is 23.9 Å². The number of rotatable bonds is 17. The van der Waals surface area contributed by atoms with Gasteiger partial charge < -0.3 is 24.4 Å². The van der Waals surface area contributed by atoms with Crippen LogP contribution in [0.2, 0.25) is 0 Å². The Labute approximate surface area is 228 Å². The summed E-state index contributed by atoms with van der Waals surface area (Å²) in [6, 6.07) is -0.855. The van der Waals surface area contributed by atoms with Crippen molar-refractivity contribution in [2.24, 2.45) is 11.8 Å². The molecule has 0 radical (unpaired) electrons. The Balaban J connectivity index is 1.93. The number of hydrogen-bond acceptors (Lipinski definition) is 6. The molecule has 3 heterocycles. The van der Waals surface area contributed by atoms with Crippen LogP contribution in [0.5, 0.6) is 0 Å². The molecule has 3 rings (SSSR count). The van der Waals surface area contributed by atoms with Gasteiger partial charge in [0.1, 0.15) is 17.6 Å². The second-order valence-corrected chi connectivity index (χ2v) is 11.3. The van der Waals surface area contributed by atoms with Crippen molar-refractivity contribution in [1.29, 1.82) is 0 Å². The van der Waals surface area contributed by atoms with Crippen LogP contribution < -0.4 is 0 Å². The Bertz CT molecular complexity index is 875. The Morgan fingerprint density at radius 1 is 1.16 bits per heavy atom. The first-order chi connectivity index (χ1) is 18.2. The molecular formula is C30H48N2O6. The number of likely N-dealkylation sites (tertiary alicyclic amines) is 1. The van der Waals surface area contributed by atoms with Gasteiger partial charge in [-0.2, -0.15) is 0 Å². The van der Waals surface area contributed by atoms with Crippen molar-refractivity contribution >= 4 is 17.8 Å². The second-order valence-electron chi connectivity index (χ2n) is 11.3. The molecule has 8 nitrogen and oxygen atoms in total. The smallest absolute Gasteiger partial charge is 0.312 e. The first-order valence-electron chi connectivity index (χ1n) is 14.5. The summed E-state index contributed by atoms with van der Waals surface area (Å²) in [6.07, 6.45) is 11.0. The highest BCUT2D eigenvalue weighted by molar-refractivity contribution is 5.98. The number of hydrogen-bond donors (Lipinski definition) is 1. The average molecular weight is 533 g/mol. The molecule has 3 saturated heterocycles. The van der Waals surface area contributed by atoms with Crippen LogP contribution in [0.1, 0.15) is 85.0 Å². The number of unbranched alkanes of at least 4 members (excludes halogenated alkanes) is 5. The molecule has 3 aliphatic rings. The first kappa shape index (κ1) is 30.4. The fraction of sp³-hybridized carbons (Fsp3) is 0.767. The topological polar surface area (TPSA) is 96.4 Å². The van der Waals surface area contributed by atoms with E-state index in [2.05, 4.69) is 13.2 Å². The van der Waals surface area contributed by atoms with E-state index in [0.29, 0.717) is 45.4 Å². The van der Waals surface area contributed by atoms with Crippen LogP contribution in [0.4, 0.5) is 0 Å². The molecule has 1 spiro atoms. The Kier molecular flexibility index (Phi) is 10.6. The van der Waals surface area contributed by atoms with E-state index >= 15 is 0 Å². The molecule has 38 heavy (non-hydrogen) atoms. The molecule has 0 aromatic heterocycles. The second kappa shape index (κ2) is 13.2. The third kappa shape index (κ3) is 5.57. The quantitative estimate of drug-likeness (QED) is 0.173. The zero-order valence-corrected chi connectivity index (χ0v) is 23.7. The van der Waals surface area contributed by atoms with Crippen LogP contribution in [0.25, 0.3) is 0 Å². The molecule has 2 unspecified atom stereocenters. The van der Waals surface area contributed by atoms with Crippen LogP contribution in [0.15, 0.2) is 25.3 Å². The number of ether oxygens (including phenoxy) is 2. The fourth-order valence-electron chi connectivity index (χ4n) is 6.85. The number of aliphatic hydroxyl groups excluding tert-OH is 1. The minimum Gasteiger partial charge on any atom is -0.465 e. The molecule has 214 valence electrons. The number of esters is 1. The molecule has 8 heteroatoms. The Hall–Kier alpha value is -2.19. The standard InChI is InChI=1S/C30H48N2O6/c1-6-9-10-15-21-37-28(36)24-23-26(34)32(19-13-11-12-14-20-33)25(27(35)31(18-7-2)22(4)5)30(23)17-16-29(24,8-3)38-30/h6-7,22-25,33H,1-2,8-21H2,3-5H3/t23-,24+,25?,29-,30?/m0/s1. The van der Waals surface area contributed by atoms with Crippen LogP contribution >= 0.6 is 0 Å². The van der Waals surface area contributed by atoms with Crippen molar-refractivity contribution in [3.8, 4) is 0 Å². The largest absolute Gasteiger partial charge is 0.465 e. The lowest BCUT2D eigenvalue weighted by Crippen LogP contribution is -2.57. The number of aliphatic hydroxyl groups is 1. The maximum Gasteiger partial charge on any atom is 0.312 e. The predicted molar refractivity (Wildman–Crippen MR) is 146 cm³/mol. The third-order valence-corrected chi connectivity index (χ3v) is 8.75. The highest BCUT2D eigenvalue weighted by atomic mass is 16.6. The molecule has 2 amide bonds. The number of allylic oxidation sites excluding steroid dienone is 1. The normalized spacial score (nSPS) is 29.6. The van der Waals surface area contributed by atoms with E-state index in [9.17, 15) is 14.4 Å². The lowest BCUT2D eigenvalue weighted by Gasteiger charge is -2.38. The molecule has 0 aliphatic carbocycles. The lowest BCUT2D eigenvalue weighted by atomic mass is 9.65. The molecule has 3 fully saturated rings. The van der Waals surface area contributed by atoms with Gasteiger partial charge in [0, 0.05) is 25.7 Å². The van der Waals surface area contributed by atoms with Crippen molar-refractivity contribution in [3.05, 3.63) is 25.3 Å². The lowest BCUT2D eigenvalue weighted by molar-refractivity contribution is -0.162. The zero-order valence-electron chi connectivity index (χ0n) is 23.7. The van der Waals surface area contributed by atoms with Crippen LogP contribution in [0, 0.1) is 11.8 Å². The third-order valence-electron chi connectivity index (χ3n) is 8.75. The molecule has 5 atom stereocenters. The molecular weight excluding hydrogens is 484 g/mol. The minimum atomic E-state index is -1.03. The van der Waals surface area contributed by atoms with E-state index in [4.69, 9.17) is 14.6 Å². The van der Waals surface area contributed by atoms with Crippen LogP contribution in [0.3, 0.4) is 0 Å². The molecule has 0 aromatic rings. The molecule has 1 N–H and O–H groups in total. The van der Waals surface area contributed by atoms with E-state index in [-0.39, 0.29) is 30.4 Å². The van der Waals surface area contributed by atoms with Gasteiger partial charge in [-0.3, -0.25) is 14.4 Å². The van der Waals surface area contributed by atoms with E-state index in [1.807, 2.05) is 26.8 Å². The summed E-state index contributed by atoms with van der Waals surface area (Å²) < 4.78 is 12.5. The van der Waals surface area contributed by atoms with E-state index in [1.165, 1.54) is 0 Å². The van der Waals surface area contributed by atoms with Gasteiger partial charge in [-0.1, -0.05) is 31.9 Å². The Morgan fingerprint density at radius 2 is 1.89 bits per heavy atom. The summed E-state index contributed by atoms with van der Waals surface area (Å²) in [4.78, 5) is 45.3. The maximum absolute atomic E-state index is 14.2. The van der Waals surface area contributed by atoms with Crippen molar-refractivity contribution in [3.63, 3.8) is 0 Å². The number of fused-ring (bicyclic) bond motifs is 1. The first-order valence-corrected chi connectivity index (χ1v) is 14.5. The molecule has 0 saturated carbocycles. The van der Waals surface area contributed by atoms with Crippen molar-refractivity contribution in [2.75, 3.05) is 26.3 Å². The Morgan fingerprint density at radius 3 is 2.53 bits per heavy atom. The highest BCUT2D eigenvalue weighted by Crippen LogP contribution is 2.64. The van der Waals surface area contributed by atoms with Gasteiger partial charge in [-0.25, -0.2) is 0 Å². The van der Waals surface area contributed by atoms with Gasteiger partial charge in [0.05, 0.1) is 18.1 Å². The number of nitrogens with zero attached hydrogens (tertiary/aromatic N) is 2. The summed E-state index contributed by atoms with van der Waals surface area (Å²) in [5.74, 6) is -2.13. The van der Waals surface area contributed by atoms with Crippen LogP contribution in [-0.4, -0.2) is 82.3 Å². The van der Waals surface area contributed by atoms with Gasteiger partial charge in [-0.05, 0) is 65.2 Å². The molecule has 0 aromatic carbocycles.